The minimum Gasteiger partial charge on any atom is -0.456 e. The van der Waals surface area contributed by atoms with Crippen LogP contribution in [0.5, 0.6) is 0 Å². The lowest BCUT2D eigenvalue weighted by Crippen LogP contribution is -2.82. The Kier molecular flexibility index (Phi) is 13.3. The van der Waals surface area contributed by atoms with Gasteiger partial charge in [-0.2, -0.15) is 0 Å². The summed E-state index contributed by atoms with van der Waals surface area (Å²) in [4.78, 5) is 84.7. The largest absolute Gasteiger partial charge is 0.456 e. The molecule has 3 aliphatic carbocycles. The zero-order valence-corrected chi connectivity index (χ0v) is 37.6. The molecule has 0 unspecified atom stereocenters. The molecule has 0 aromatic heterocycles. The maximum Gasteiger partial charge on any atom is 0.338 e. The number of benzene rings is 3. The van der Waals surface area contributed by atoms with E-state index in [1.165, 1.54) is 19.1 Å². The number of hydrogen-bond donors (Lipinski definition) is 3. The number of carbonyl (C=O) groups is 6. The van der Waals surface area contributed by atoms with Crippen LogP contribution in [0.4, 0.5) is 0 Å². The Hall–Kier alpha value is -5.68. The third kappa shape index (κ3) is 8.30. The Balaban J connectivity index is 1.41. The molecule has 16 heteroatoms. The second kappa shape index (κ2) is 18.3. The predicted octanol–water partition coefficient (Wildman–Crippen LogP) is 4.55. The van der Waals surface area contributed by atoms with Gasteiger partial charge in [0.05, 0.1) is 35.6 Å². The summed E-state index contributed by atoms with van der Waals surface area (Å²) in [6.07, 6.45) is -8.74. The van der Waals surface area contributed by atoms with Gasteiger partial charge in [-0.05, 0) is 54.8 Å². The summed E-state index contributed by atoms with van der Waals surface area (Å²) >= 11 is 0. The number of aliphatic hydroxyl groups excluding tert-OH is 1. The molecular weight excluding hydrogens is 837 g/mol. The molecule has 2 saturated carbocycles. The normalized spacial score (nSPS) is 30.9. The standard InChI is InChI=1S/C49H56BNO14/c1-8-50-65-34-24-35-48(26-60-35,64-29(4)53)40-42(63-44(57)32-22-16-11-17-23-32)49(59)25-33(27(2)36(46(49,5)6)39(61-28(3)52)41(55)47(34,40)7)62-45(58)38(54)37(30-18-12-9-13-19-30)51-43(56)31-20-14-10-15-21-31/h9-23,33-35,37-40,42,50,54,59H,8,24-26H2,1-7H3,(H,51,56)/t33-,34-,35+,37-,38+,39+,40-,42-,47+,48-,49+/m0/s1. The molecule has 3 N–H and O–H groups in total. The van der Waals surface area contributed by atoms with Crippen molar-refractivity contribution in [1.29, 1.82) is 0 Å². The highest BCUT2D eigenvalue weighted by molar-refractivity contribution is 6.27. The van der Waals surface area contributed by atoms with Gasteiger partial charge in [0, 0.05) is 37.7 Å². The lowest BCUT2D eigenvalue weighted by Gasteiger charge is -2.68. The van der Waals surface area contributed by atoms with E-state index in [1.807, 2.05) is 6.92 Å². The highest BCUT2D eigenvalue weighted by Crippen LogP contribution is 2.65. The maximum atomic E-state index is 15.9. The summed E-state index contributed by atoms with van der Waals surface area (Å²) in [6.45, 7) is 10.4. The number of carbonyl (C=O) groups excluding carboxylic acids is 6. The average molecular weight is 894 g/mol. The number of esters is 4. The first-order valence-corrected chi connectivity index (χ1v) is 21.9. The van der Waals surface area contributed by atoms with Gasteiger partial charge in [0.25, 0.3) is 13.4 Å². The van der Waals surface area contributed by atoms with Gasteiger partial charge >= 0.3 is 23.9 Å². The van der Waals surface area contributed by atoms with E-state index in [-0.39, 0.29) is 42.8 Å². The highest BCUT2D eigenvalue weighted by atomic mass is 16.6. The maximum absolute atomic E-state index is 15.9. The Morgan fingerprint density at radius 1 is 0.862 bits per heavy atom. The summed E-state index contributed by atoms with van der Waals surface area (Å²) < 4.78 is 37.5. The van der Waals surface area contributed by atoms with Gasteiger partial charge < -0.3 is 43.9 Å². The van der Waals surface area contributed by atoms with Gasteiger partial charge in [0.15, 0.2) is 23.6 Å². The van der Waals surface area contributed by atoms with Crippen LogP contribution in [0.25, 0.3) is 0 Å². The summed E-state index contributed by atoms with van der Waals surface area (Å²) in [5, 5.41) is 28.5. The lowest BCUT2D eigenvalue weighted by atomic mass is 9.44. The Morgan fingerprint density at radius 3 is 2.02 bits per heavy atom. The SMILES string of the molecule is CCBO[C@H]1C[C@H]2OC[C@@]2(OC(C)=O)[C@H]2[C@H](OC(=O)c3ccccc3)[C@]3(O)C[C@H](OC(=O)[C@H](O)[C@@H](NC(=O)c4ccccc4)c4ccccc4)C(C)=C([C@@H](OC(C)=O)C(=O)[C@]12C)C3(C)C. The molecule has 15 nitrogen and oxygen atoms in total. The number of fused-ring (bicyclic) bond motifs is 5. The van der Waals surface area contributed by atoms with Crippen molar-refractivity contribution in [3.63, 3.8) is 0 Å². The fraction of sp³-hybridized carbons (Fsp3) is 0.469. The zero-order chi connectivity index (χ0) is 47.1. The zero-order valence-electron chi connectivity index (χ0n) is 37.6. The number of Topliss-reactive ketones (excluding diaryl/α,β-unsaturated/α-hetero) is 1. The molecule has 1 saturated heterocycles. The van der Waals surface area contributed by atoms with Gasteiger partial charge in [-0.25, -0.2) is 9.59 Å². The fourth-order valence-corrected chi connectivity index (χ4v) is 10.7. The molecule has 3 fully saturated rings. The number of amides is 1. The topological polar surface area (TPSA) is 210 Å². The first kappa shape index (κ1) is 47.3. The lowest BCUT2D eigenvalue weighted by molar-refractivity contribution is -0.344. The smallest absolute Gasteiger partial charge is 0.338 e. The number of nitrogens with one attached hydrogen (secondary N) is 1. The van der Waals surface area contributed by atoms with E-state index in [4.69, 9.17) is 28.3 Å². The summed E-state index contributed by atoms with van der Waals surface area (Å²) in [6, 6.07) is 23.3. The summed E-state index contributed by atoms with van der Waals surface area (Å²) in [5.41, 5.74) is -6.43. The van der Waals surface area contributed by atoms with Crippen molar-refractivity contribution in [3.05, 3.63) is 119 Å². The van der Waals surface area contributed by atoms with Crippen LogP contribution in [0.15, 0.2) is 102 Å². The Bertz CT molecular complexity index is 2340. The molecule has 1 aliphatic heterocycles. The molecule has 2 bridgehead atoms. The van der Waals surface area contributed by atoms with Crippen molar-refractivity contribution in [3.8, 4) is 0 Å². The van der Waals surface area contributed by atoms with Crippen LogP contribution in [0.1, 0.15) is 93.6 Å². The van der Waals surface area contributed by atoms with Crippen LogP contribution < -0.4 is 5.32 Å². The fourth-order valence-electron chi connectivity index (χ4n) is 10.7. The van der Waals surface area contributed by atoms with Crippen LogP contribution in [0, 0.1) is 16.7 Å². The first-order chi connectivity index (χ1) is 30.8. The van der Waals surface area contributed by atoms with Crippen LogP contribution in [-0.2, 0) is 47.5 Å². The van der Waals surface area contributed by atoms with E-state index in [0.29, 0.717) is 11.9 Å². The predicted molar refractivity (Wildman–Crippen MR) is 234 cm³/mol. The molecule has 65 heavy (non-hydrogen) atoms. The summed E-state index contributed by atoms with van der Waals surface area (Å²) in [7, 11) is 0.188. The minimum atomic E-state index is -2.34. The van der Waals surface area contributed by atoms with E-state index >= 15 is 4.79 Å². The number of rotatable bonds is 13. The van der Waals surface area contributed by atoms with Gasteiger partial charge in [0.2, 0.25) is 0 Å². The quantitative estimate of drug-likeness (QED) is 0.0931. The molecule has 1 heterocycles. The van der Waals surface area contributed by atoms with E-state index in [9.17, 15) is 34.2 Å². The van der Waals surface area contributed by atoms with Gasteiger partial charge in [0.1, 0.15) is 23.9 Å². The first-order valence-electron chi connectivity index (χ1n) is 21.9. The second-order valence-corrected chi connectivity index (χ2v) is 18.2. The molecule has 0 radical (unpaired) electrons. The monoisotopic (exact) mass is 893 g/mol. The number of aliphatic hydroxyl groups is 2. The molecule has 11 atom stereocenters. The van der Waals surface area contributed by atoms with Gasteiger partial charge in [-0.1, -0.05) is 93.8 Å². The average Bonchev–Trinajstić information content (AvgIpc) is 3.27. The van der Waals surface area contributed by atoms with E-state index < -0.39 is 113 Å². The third-order valence-corrected chi connectivity index (χ3v) is 14.0. The molecule has 7 rings (SSSR count). The van der Waals surface area contributed by atoms with Crippen LogP contribution in [0.2, 0.25) is 6.32 Å². The van der Waals surface area contributed by atoms with Gasteiger partial charge in [-0.3, -0.25) is 19.2 Å². The molecule has 0 spiro atoms. The number of ketones is 1. The second-order valence-electron chi connectivity index (χ2n) is 18.2. The van der Waals surface area contributed by atoms with Crippen LogP contribution >= 0.6 is 0 Å². The van der Waals surface area contributed by atoms with Crippen molar-refractivity contribution in [1.82, 2.24) is 5.32 Å². The minimum absolute atomic E-state index is 0.0551. The molecule has 344 valence electrons. The van der Waals surface area contributed by atoms with Crippen molar-refractivity contribution in [2.75, 3.05) is 6.61 Å². The number of ether oxygens (including phenoxy) is 5. The van der Waals surface area contributed by atoms with Crippen molar-refractivity contribution >= 4 is 43.0 Å². The van der Waals surface area contributed by atoms with E-state index in [0.717, 1.165) is 6.92 Å². The third-order valence-electron chi connectivity index (χ3n) is 14.0. The van der Waals surface area contributed by atoms with Gasteiger partial charge in [-0.15, -0.1) is 0 Å². The van der Waals surface area contributed by atoms with Crippen molar-refractivity contribution < 1.29 is 67.3 Å². The molecule has 4 aliphatic rings. The molecule has 1 amide bonds. The molecular formula is C49H56BNO14. The van der Waals surface area contributed by atoms with Crippen molar-refractivity contribution in [2.24, 2.45) is 16.7 Å². The molecule has 3 aromatic carbocycles. The van der Waals surface area contributed by atoms with Crippen LogP contribution in [0.3, 0.4) is 0 Å². The highest BCUT2D eigenvalue weighted by Gasteiger charge is 2.78. The Morgan fingerprint density at radius 2 is 1.46 bits per heavy atom. The molecule has 3 aromatic rings. The van der Waals surface area contributed by atoms with Crippen molar-refractivity contribution in [2.45, 2.75) is 121 Å². The van der Waals surface area contributed by atoms with E-state index in [1.54, 1.807) is 107 Å². The number of hydrogen-bond acceptors (Lipinski definition) is 14. The summed E-state index contributed by atoms with van der Waals surface area (Å²) in [5.74, 6) is -6.35. The van der Waals surface area contributed by atoms with Crippen LogP contribution in [-0.4, -0.2) is 108 Å². The Labute approximate surface area is 378 Å². The van der Waals surface area contributed by atoms with E-state index in [2.05, 4.69) is 5.32 Å².